The van der Waals surface area contributed by atoms with E-state index >= 15 is 0 Å². The van der Waals surface area contributed by atoms with Gasteiger partial charge in [-0.2, -0.15) is 0 Å². The van der Waals surface area contributed by atoms with Gasteiger partial charge in [0.25, 0.3) is 5.91 Å². The molecule has 3 N–H and O–H groups in total. The van der Waals surface area contributed by atoms with Crippen LogP contribution in [-0.2, 0) is 22.4 Å². The van der Waals surface area contributed by atoms with Crippen molar-refractivity contribution in [2.75, 3.05) is 76.8 Å². The number of methoxy groups -OCH3 is 3. The fraction of sp³-hybridized carbons (Fsp3) is 0.366. The zero-order valence-corrected chi connectivity index (χ0v) is 38.6. The molecule has 0 bridgehead atoms. The molecule has 1 aliphatic rings. The topological polar surface area (TPSA) is 145 Å². The predicted molar refractivity (Wildman–Crippen MR) is 249 cm³/mol. The summed E-state index contributed by atoms with van der Waals surface area (Å²) in [6, 6.07) is 21.4. The van der Waals surface area contributed by atoms with Gasteiger partial charge in [-0.05, 0) is 141 Å². The Labute approximate surface area is 391 Å². The number of rotatable bonds is 9. The number of carbonyl (C=O) groups is 2. The number of amides is 1. The number of benzene rings is 3. The van der Waals surface area contributed by atoms with Crippen LogP contribution in [0.4, 0.5) is 0 Å². The van der Waals surface area contributed by atoms with Gasteiger partial charge in [-0.25, -0.2) is 0 Å². The molecule has 1 fully saturated rings. The number of aldehydes is 1. The van der Waals surface area contributed by atoms with Crippen LogP contribution in [0.25, 0.3) is 32.7 Å². The third-order valence-electron chi connectivity index (χ3n) is 8.38. The van der Waals surface area contributed by atoms with Crippen LogP contribution in [0.3, 0.4) is 0 Å². The number of halogens is 3. The molecule has 6 aromatic rings. The van der Waals surface area contributed by atoms with Crippen LogP contribution in [-0.4, -0.2) is 136 Å². The molecule has 0 atom stereocenters. The summed E-state index contributed by atoms with van der Waals surface area (Å²) in [5.41, 5.74) is 6.53. The number of fused-ring (bicyclic) bond motifs is 3. The van der Waals surface area contributed by atoms with E-state index in [1.807, 2.05) is 79.7 Å². The molecule has 19 heteroatoms. The van der Waals surface area contributed by atoms with Crippen molar-refractivity contribution in [2.24, 2.45) is 0 Å². The van der Waals surface area contributed by atoms with Gasteiger partial charge in [-0.15, -0.1) is 0 Å². The summed E-state index contributed by atoms with van der Waals surface area (Å²) in [5, 5.41) is -0.132. The van der Waals surface area contributed by atoms with Gasteiger partial charge >= 0.3 is 24.1 Å². The van der Waals surface area contributed by atoms with Crippen molar-refractivity contribution in [3.8, 4) is 17.2 Å². The van der Waals surface area contributed by atoms with Crippen LogP contribution in [0.5, 0.6) is 17.2 Å². The first-order valence-electron chi connectivity index (χ1n) is 18.2. The normalized spacial score (nSPS) is 11.7. The summed E-state index contributed by atoms with van der Waals surface area (Å²) in [7, 11) is 16.5. The molecule has 4 heterocycles. The van der Waals surface area contributed by atoms with Crippen LogP contribution >= 0.6 is 38.9 Å². The Morgan fingerprint density at radius 2 is 1.20 bits per heavy atom. The Morgan fingerprint density at radius 3 is 1.63 bits per heavy atom. The molecule has 0 radical (unpaired) electrons. The Morgan fingerprint density at radius 1 is 0.733 bits per heavy atom. The number of ether oxygens (including phenoxy) is 4. The molecule has 1 aliphatic heterocycles. The molecule has 0 aliphatic carbocycles. The standard InChI is InChI=1S/C13H16N2O2.C12H14N2O2.C12H16N2O.C4H8O.Al.Cl3OP.Li.4H/c1-15(2)7-13-11(8-16)10-6-9(17-3)4-5-12(10)14-13;1-14(2)12(15)11-7-8-6-9(16-3)4-5-10(8)13-11;1-14(2)8-10-6-9-7-11(15-3)4-5-12(9)13-10;1-2-4-5-3-1;;1-5(2,3)4;;;;;/h4-6,8,14H,7H2,1-3H3;4-7,13H,1-3H3;4-7,13H,8H2,1-3H3;1-4H2;;;;;;;/q;;;;;;+1;;;;-1. The molecule has 324 valence electrons. The summed E-state index contributed by atoms with van der Waals surface area (Å²) in [6.45, 7) is 3.64. The van der Waals surface area contributed by atoms with Crippen LogP contribution in [0.15, 0.2) is 66.7 Å². The zero-order valence-electron chi connectivity index (χ0n) is 36.5. The molecule has 3 aromatic heterocycles. The number of nitrogens with one attached hydrogen (secondary N) is 3. The average Bonchev–Trinajstić information content (AvgIpc) is 4.00. The van der Waals surface area contributed by atoms with Crippen molar-refractivity contribution in [1.29, 1.82) is 0 Å². The second kappa shape index (κ2) is 27.1. The Bertz CT molecular complexity index is 2270. The third-order valence-corrected chi connectivity index (χ3v) is 8.38. The molecule has 1 amide bonds. The molecular weight excluding hydrogens is 860 g/mol. The van der Waals surface area contributed by atoms with Crippen LogP contribution in [0.2, 0.25) is 0 Å². The predicted octanol–water partition coefficient (Wildman–Crippen LogP) is 5.71. The first-order chi connectivity index (χ1) is 27.5. The SMILES string of the molecule is C1CCOC1.COc1ccc2[nH]c(C(=O)N(C)C)cc2c1.COc1ccc2[nH]c(CN(C)C)c(C=O)c2c1.COc1ccc2[nH]c(CN(C)C)cc2c1.O=P(Cl)(Cl)Cl.[AlH3].[H-].[Li+]. The number of hydrogen-bond acceptors (Lipinski definition) is 9. The molecule has 60 heavy (non-hydrogen) atoms. The van der Waals surface area contributed by atoms with Gasteiger partial charge in [0, 0.05) is 90.1 Å². The molecule has 1 saturated heterocycles. The van der Waals surface area contributed by atoms with Gasteiger partial charge < -0.3 is 50.0 Å². The zero-order chi connectivity index (χ0) is 43.0. The number of hydrogen-bond donors (Lipinski definition) is 3. The van der Waals surface area contributed by atoms with E-state index in [0.29, 0.717) is 17.8 Å². The largest absolute Gasteiger partial charge is 1.00 e. The Balaban J connectivity index is 0.000000777. The molecule has 0 unspecified atom stereocenters. The summed E-state index contributed by atoms with van der Waals surface area (Å²) < 4.78 is 29.9. The smallest absolute Gasteiger partial charge is 1.00 e. The Kier molecular flexibility index (Phi) is 24.8. The summed E-state index contributed by atoms with van der Waals surface area (Å²) in [6.07, 6.45) is 3.46. The van der Waals surface area contributed by atoms with Gasteiger partial charge in [0.05, 0.1) is 21.3 Å². The first-order valence-corrected chi connectivity index (χ1v) is 22.6. The summed E-state index contributed by atoms with van der Waals surface area (Å²) in [4.78, 5) is 38.4. The quantitative estimate of drug-likeness (QED) is 0.0945. The second-order valence-electron chi connectivity index (χ2n) is 13.8. The maximum absolute atomic E-state index is 11.7. The molecule has 7 rings (SSSR count). The monoisotopic (exact) mass is 916 g/mol. The third kappa shape index (κ3) is 18.5. The summed E-state index contributed by atoms with van der Waals surface area (Å²) in [5.74, 6) is 2.42. The Hall–Kier alpha value is -3.07. The average molecular weight is 918 g/mol. The van der Waals surface area contributed by atoms with Gasteiger partial charge in [0.1, 0.15) is 22.9 Å². The van der Waals surface area contributed by atoms with Gasteiger partial charge in [-0.3, -0.25) is 14.2 Å². The van der Waals surface area contributed by atoms with Crippen molar-refractivity contribution in [2.45, 2.75) is 25.9 Å². The minimum atomic E-state index is -3.22. The van der Waals surface area contributed by atoms with E-state index in [-0.39, 0.29) is 43.6 Å². The van der Waals surface area contributed by atoms with Crippen molar-refractivity contribution < 1.29 is 53.4 Å². The van der Waals surface area contributed by atoms with Crippen molar-refractivity contribution >= 4 is 101 Å². The van der Waals surface area contributed by atoms with Gasteiger partial charge in [0.15, 0.2) is 23.6 Å². The number of aromatic amines is 3. The van der Waals surface area contributed by atoms with Gasteiger partial charge in [-0.1, -0.05) is 0 Å². The first kappa shape index (κ1) is 54.9. The molecule has 0 spiro atoms. The molecule has 3 aromatic carbocycles. The van der Waals surface area contributed by atoms with Crippen LogP contribution in [0.1, 0.15) is 46.5 Å². The minimum Gasteiger partial charge on any atom is -1.00 e. The van der Waals surface area contributed by atoms with Crippen LogP contribution in [0, 0.1) is 0 Å². The summed E-state index contributed by atoms with van der Waals surface area (Å²) >= 11 is 13.8. The van der Waals surface area contributed by atoms with Crippen molar-refractivity contribution in [1.82, 2.24) is 29.7 Å². The van der Waals surface area contributed by atoms with E-state index in [1.165, 1.54) is 23.9 Å². The van der Waals surface area contributed by atoms with E-state index in [4.69, 9.17) is 18.9 Å². The maximum Gasteiger partial charge on any atom is 1.00 e. The second-order valence-corrected chi connectivity index (χ2v) is 20.5. The van der Waals surface area contributed by atoms with Gasteiger partial charge in [0.2, 0.25) is 0 Å². The van der Waals surface area contributed by atoms with E-state index < -0.39 is 5.20 Å². The maximum atomic E-state index is 11.7. The van der Waals surface area contributed by atoms with E-state index in [0.717, 1.165) is 76.3 Å². The number of nitrogens with zero attached hydrogens (tertiary/aromatic N) is 3. The van der Waals surface area contributed by atoms with Crippen LogP contribution < -0.4 is 33.1 Å². The number of aromatic nitrogens is 3. The number of H-pyrrole nitrogens is 3. The van der Waals surface area contributed by atoms with Crippen molar-refractivity contribution in [3.63, 3.8) is 0 Å². The fourth-order valence-electron chi connectivity index (χ4n) is 5.78. The molecular formula is C41H58AlCl3LiN6O7P. The van der Waals surface area contributed by atoms with Crippen molar-refractivity contribution in [3.05, 3.63) is 89.4 Å². The minimum absolute atomic E-state index is 0. The van der Waals surface area contributed by atoms with E-state index in [1.54, 1.807) is 40.3 Å². The molecule has 13 nitrogen and oxygen atoms in total. The van der Waals surface area contributed by atoms with E-state index in [9.17, 15) is 14.2 Å². The number of carbonyl (C=O) groups excluding carboxylic acids is 2. The molecule has 0 saturated carbocycles. The van der Waals surface area contributed by atoms with E-state index in [2.05, 4.69) is 73.7 Å². The fourth-order valence-corrected chi connectivity index (χ4v) is 5.78.